The lowest BCUT2D eigenvalue weighted by molar-refractivity contribution is -0.142. The number of thiophene rings is 1. The number of carbonyl (C=O) groups is 2. The average Bonchev–Trinajstić information content (AvgIpc) is 2.65. The minimum atomic E-state index is -1.01. The SMILES string of the molecule is CCc1sc(C(=O)NC(C(=O)O)C(C)(C)C)cc1C. The molecule has 1 heterocycles. The number of hydrogen-bond donors (Lipinski definition) is 2. The third kappa shape index (κ3) is 3.80. The Balaban J connectivity index is 2.91. The summed E-state index contributed by atoms with van der Waals surface area (Å²) >= 11 is 1.43. The van der Waals surface area contributed by atoms with Gasteiger partial charge in [0.05, 0.1) is 4.88 Å². The number of carbonyl (C=O) groups excluding carboxylic acids is 1. The fraction of sp³-hybridized carbons (Fsp3) is 0.571. The number of carboxylic acids is 1. The molecule has 1 unspecified atom stereocenters. The third-order valence-corrected chi connectivity index (χ3v) is 4.33. The normalized spacial score (nSPS) is 13.1. The Morgan fingerprint density at radius 3 is 2.37 bits per heavy atom. The zero-order valence-electron chi connectivity index (χ0n) is 12.0. The fourth-order valence-corrected chi connectivity index (χ4v) is 2.85. The molecule has 4 nitrogen and oxygen atoms in total. The van der Waals surface area contributed by atoms with Gasteiger partial charge in [-0.1, -0.05) is 27.7 Å². The van der Waals surface area contributed by atoms with Crippen molar-refractivity contribution in [2.75, 3.05) is 0 Å². The molecule has 2 N–H and O–H groups in total. The molecule has 0 fully saturated rings. The van der Waals surface area contributed by atoms with Gasteiger partial charge in [-0.15, -0.1) is 11.3 Å². The first-order valence-electron chi connectivity index (χ1n) is 6.29. The van der Waals surface area contributed by atoms with Crippen molar-refractivity contribution in [3.8, 4) is 0 Å². The molecule has 0 saturated carbocycles. The summed E-state index contributed by atoms with van der Waals surface area (Å²) in [6.07, 6.45) is 0.880. The third-order valence-electron chi connectivity index (χ3n) is 2.95. The van der Waals surface area contributed by atoms with Crippen LogP contribution in [0.2, 0.25) is 0 Å². The van der Waals surface area contributed by atoms with Crippen molar-refractivity contribution in [3.63, 3.8) is 0 Å². The van der Waals surface area contributed by atoms with Crippen LogP contribution >= 0.6 is 11.3 Å². The first-order chi connectivity index (χ1) is 8.66. The molecular formula is C14H21NO3S. The van der Waals surface area contributed by atoms with E-state index < -0.39 is 17.4 Å². The van der Waals surface area contributed by atoms with Crippen LogP contribution in [0, 0.1) is 12.3 Å². The van der Waals surface area contributed by atoms with E-state index in [9.17, 15) is 14.7 Å². The monoisotopic (exact) mass is 283 g/mol. The van der Waals surface area contributed by atoms with Gasteiger partial charge in [0, 0.05) is 4.88 Å². The van der Waals surface area contributed by atoms with E-state index in [0.717, 1.165) is 16.9 Å². The maximum absolute atomic E-state index is 12.1. The molecular weight excluding hydrogens is 262 g/mol. The average molecular weight is 283 g/mol. The molecule has 19 heavy (non-hydrogen) atoms. The first-order valence-corrected chi connectivity index (χ1v) is 7.11. The van der Waals surface area contributed by atoms with Gasteiger partial charge in [0.2, 0.25) is 0 Å². The first kappa shape index (κ1) is 15.7. The summed E-state index contributed by atoms with van der Waals surface area (Å²) in [7, 11) is 0. The molecule has 1 rings (SSSR count). The van der Waals surface area contributed by atoms with Crippen molar-refractivity contribution >= 4 is 23.2 Å². The summed E-state index contributed by atoms with van der Waals surface area (Å²) in [6, 6.07) is 0.924. The van der Waals surface area contributed by atoms with Gasteiger partial charge in [-0.25, -0.2) is 4.79 Å². The molecule has 1 aromatic heterocycles. The van der Waals surface area contributed by atoms with E-state index in [1.54, 1.807) is 20.8 Å². The molecule has 0 bridgehead atoms. The maximum Gasteiger partial charge on any atom is 0.326 e. The smallest absolute Gasteiger partial charge is 0.326 e. The lowest BCUT2D eigenvalue weighted by Gasteiger charge is -2.27. The van der Waals surface area contributed by atoms with Crippen LogP contribution in [0.3, 0.4) is 0 Å². The molecule has 106 valence electrons. The van der Waals surface area contributed by atoms with Gasteiger partial charge < -0.3 is 10.4 Å². The number of aliphatic carboxylic acids is 1. The Morgan fingerprint density at radius 1 is 1.42 bits per heavy atom. The van der Waals surface area contributed by atoms with Crippen LogP contribution in [0.25, 0.3) is 0 Å². The lowest BCUT2D eigenvalue weighted by atomic mass is 9.87. The van der Waals surface area contributed by atoms with Crippen LogP contribution in [0.15, 0.2) is 6.07 Å². The standard InChI is InChI=1S/C14H21NO3S/c1-6-9-8(2)7-10(19-9)12(16)15-11(13(17)18)14(3,4)5/h7,11H,6H2,1-5H3,(H,15,16)(H,17,18). The molecule has 0 aromatic carbocycles. The number of nitrogens with one attached hydrogen (secondary N) is 1. The van der Waals surface area contributed by atoms with E-state index >= 15 is 0 Å². The van der Waals surface area contributed by atoms with Gasteiger partial charge in [0.25, 0.3) is 5.91 Å². The highest BCUT2D eigenvalue weighted by Gasteiger charge is 2.33. The highest BCUT2D eigenvalue weighted by Crippen LogP contribution is 2.24. The van der Waals surface area contributed by atoms with E-state index in [-0.39, 0.29) is 5.91 Å². The van der Waals surface area contributed by atoms with Gasteiger partial charge in [-0.3, -0.25) is 4.79 Å². The van der Waals surface area contributed by atoms with Crippen molar-refractivity contribution in [3.05, 3.63) is 21.4 Å². The predicted octanol–water partition coefficient (Wildman–Crippen LogP) is 2.85. The number of rotatable bonds is 4. The Morgan fingerprint density at radius 2 is 2.00 bits per heavy atom. The molecule has 0 spiro atoms. The largest absolute Gasteiger partial charge is 0.480 e. The summed E-state index contributed by atoms with van der Waals surface area (Å²) in [5.74, 6) is -1.32. The summed E-state index contributed by atoms with van der Waals surface area (Å²) in [5.41, 5.74) is 0.557. The molecule has 0 aliphatic rings. The summed E-state index contributed by atoms with van der Waals surface area (Å²) in [6.45, 7) is 9.38. The molecule has 0 aliphatic carbocycles. The summed E-state index contributed by atoms with van der Waals surface area (Å²) in [5, 5.41) is 11.8. The van der Waals surface area contributed by atoms with Crippen LogP contribution in [-0.2, 0) is 11.2 Å². The van der Waals surface area contributed by atoms with E-state index in [2.05, 4.69) is 5.32 Å². The maximum atomic E-state index is 12.1. The van der Waals surface area contributed by atoms with Crippen LogP contribution in [-0.4, -0.2) is 23.0 Å². The second-order valence-electron chi connectivity index (χ2n) is 5.68. The van der Waals surface area contributed by atoms with E-state index in [1.165, 1.54) is 11.3 Å². The Kier molecular flexibility index (Phi) is 4.74. The molecule has 0 saturated heterocycles. The van der Waals surface area contributed by atoms with Crippen LogP contribution in [0.1, 0.15) is 47.8 Å². The fourth-order valence-electron chi connectivity index (χ4n) is 1.83. The van der Waals surface area contributed by atoms with Crippen molar-refractivity contribution < 1.29 is 14.7 Å². The minimum Gasteiger partial charge on any atom is -0.480 e. The Bertz CT molecular complexity index is 485. The zero-order valence-corrected chi connectivity index (χ0v) is 12.9. The minimum absolute atomic E-state index is 0.310. The van der Waals surface area contributed by atoms with Gasteiger partial charge in [-0.05, 0) is 30.4 Å². The topological polar surface area (TPSA) is 66.4 Å². The van der Waals surface area contributed by atoms with Crippen LogP contribution in [0.4, 0.5) is 0 Å². The van der Waals surface area contributed by atoms with Crippen molar-refractivity contribution in [1.82, 2.24) is 5.32 Å². The van der Waals surface area contributed by atoms with E-state index in [1.807, 2.05) is 19.9 Å². The number of amides is 1. The molecule has 1 atom stereocenters. The quantitative estimate of drug-likeness (QED) is 0.893. The molecule has 5 heteroatoms. The lowest BCUT2D eigenvalue weighted by Crippen LogP contribution is -2.48. The number of carboxylic acid groups (broad SMARTS) is 1. The molecule has 1 amide bonds. The van der Waals surface area contributed by atoms with Crippen molar-refractivity contribution in [2.24, 2.45) is 5.41 Å². The predicted molar refractivity (Wildman–Crippen MR) is 76.8 cm³/mol. The van der Waals surface area contributed by atoms with Gasteiger partial charge in [-0.2, -0.15) is 0 Å². The molecule has 0 aliphatic heterocycles. The highest BCUT2D eigenvalue weighted by atomic mass is 32.1. The van der Waals surface area contributed by atoms with E-state index in [4.69, 9.17) is 0 Å². The van der Waals surface area contributed by atoms with Crippen molar-refractivity contribution in [1.29, 1.82) is 0 Å². The van der Waals surface area contributed by atoms with Gasteiger partial charge in [0.1, 0.15) is 6.04 Å². The van der Waals surface area contributed by atoms with Gasteiger partial charge >= 0.3 is 5.97 Å². The number of hydrogen-bond acceptors (Lipinski definition) is 3. The zero-order chi connectivity index (χ0) is 14.8. The summed E-state index contributed by atoms with van der Waals surface area (Å²) in [4.78, 5) is 25.1. The van der Waals surface area contributed by atoms with Crippen molar-refractivity contribution in [2.45, 2.75) is 47.1 Å². The Hall–Kier alpha value is -1.36. The molecule has 1 aromatic rings. The van der Waals surface area contributed by atoms with E-state index in [0.29, 0.717) is 4.88 Å². The second kappa shape index (κ2) is 5.74. The van der Waals surface area contributed by atoms with Gasteiger partial charge in [0.15, 0.2) is 0 Å². The van der Waals surface area contributed by atoms with Crippen LogP contribution < -0.4 is 5.32 Å². The number of aryl methyl sites for hydroxylation is 2. The highest BCUT2D eigenvalue weighted by molar-refractivity contribution is 7.14. The Labute approximate surface area is 117 Å². The van der Waals surface area contributed by atoms with Crippen LogP contribution in [0.5, 0.6) is 0 Å². The summed E-state index contributed by atoms with van der Waals surface area (Å²) < 4.78 is 0. The second-order valence-corrected chi connectivity index (χ2v) is 6.82. The molecule has 0 radical (unpaired) electrons.